The number of ether oxygens (including phenoxy) is 1. The number of nitrogens with zero attached hydrogens (tertiary/aromatic N) is 1. The minimum Gasteiger partial charge on any atom is -0.435 e. The van der Waals surface area contributed by atoms with E-state index >= 15 is 0 Å². The third-order valence-corrected chi connectivity index (χ3v) is 2.51. The van der Waals surface area contributed by atoms with Gasteiger partial charge in [0.2, 0.25) is 0 Å². The minimum atomic E-state index is -2.95. The summed E-state index contributed by atoms with van der Waals surface area (Å²) in [5, 5.41) is 13.8. The molecular formula is C12H15F2N3O3. The maximum Gasteiger partial charge on any atom is 0.387 e. The first-order valence-electron chi connectivity index (χ1n) is 5.74. The van der Waals surface area contributed by atoms with E-state index in [1.807, 2.05) is 0 Å². The molecule has 8 heteroatoms. The number of amidine groups is 1. The summed E-state index contributed by atoms with van der Waals surface area (Å²) in [6.07, 6.45) is 0. The van der Waals surface area contributed by atoms with Crippen LogP contribution in [0, 0.1) is 5.92 Å². The van der Waals surface area contributed by atoms with Gasteiger partial charge in [-0.05, 0) is 18.2 Å². The largest absolute Gasteiger partial charge is 0.435 e. The average Bonchev–Trinajstić information content (AvgIpc) is 2.43. The summed E-state index contributed by atoms with van der Waals surface area (Å²) in [6, 6.07) is 5.42. The van der Waals surface area contributed by atoms with Gasteiger partial charge in [-0.15, -0.1) is 0 Å². The summed E-state index contributed by atoms with van der Waals surface area (Å²) >= 11 is 0. The molecule has 0 aliphatic carbocycles. The van der Waals surface area contributed by atoms with E-state index < -0.39 is 12.5 Å². The van der Waals surface area contributed by atoms with Crippen molar-refractivity contribution in [3.8, 4) is 5.75 Å². The van der Waals surface area contributed by atoms with Gasteiger partial charge in [0.05, 0.1) is 0 Å². The van der Waals surface area contributed by atoms with Crippen molar-refractivity contribution in [1.29, 1.82) is 0 Å². The molecule has 20 heavy (non-hydrogen) atoms. The van der Waals surface area contributed by atoms with Crippen molar-refractivity contribution < 1.29 is 23.5 Å². The highest BCUT2D eigenvalue weighted by atomic mass is 19.3. The van der Waals surface area contributed by atoms with Gasteiger partial charge in [0, 0.05) is 18.0 Å². The van der Waals surface area contributed by atoms with Gasteiger partial charge in [-0.1, -0.05) is 18.1 Å². The molecule has 0 spiro atoms. The number of nitrogens with one attached hydrogen (secondary N) is 1. The lowest BCUT2D eigenvalue weighted by molar-refractivity contribution is -0.0498. The van der Waals surface area contributed by atoms with Crippen LogP contribution in [-0.4, -0.2) is 30.1 Å². The van der Waals surface area contributed by atoms with E-state index in [-0.39, 0.29) is 29.6 Å². The Morgan fingerprint density at radius 3 is 2.85 bits per heavy atom. The molecule has 0 aromatic heterocycles. The second-order valence-corrected chi connectivity index (χ2v) is 4.04. The molecule has 1 aromatic rings. The van der Waals surface area contributed by atoms with E-state index in [2.05, 4.69) is 15.2 Å². The molecule has 0 heterocycles. The van der Waals surface area contributed by atoms with E-state index in [9.17, 15) is 13.6 Å². The summed E-state index contributed by atoms with van der Waals surface area (Å²) < 4.78 is 28.3. The molecule has 1 aromatic carbocycles. The quantitative estimate of drug-likeness (QED) is 0.319. The normalized spacial score (nSPS) is 13.1. The summed E-state index contributed by atoms with van der Waals surface area (Å²) in [7, 11) is 0. The predicted molar refractivity (Wildman–Crippen MR) is 68.0 cm³/mol. The average molecular weight is 287 g/mol. The standard InChI is InChI=1S/C12H15F2N3O3/c1-7(10(15)17-19)6-16-11(18)8-3-2-4-9(5-8)20-12(13)14/h2-5,7,12,19H,6H2,1H3,(H2,15,17)(H,16,18). The molecule has 1 atom stereocenters. The number of oxime groups is 1. The van der Waals surface area contributed by atoms with Crippen LogP contribution in [0.1, 0.15) is 17.3 Å². The van der Waals surface area contributed by atoms with Crippen molar-refractivity contribution in [3.63, 3.8) is 0 Å². The van der Waals surface area contributed by atoms with Gasteiger partial charge in [0.25, 0.3) is 5.91 Å². The number of carbonyl (C=O) groups is 1. The highest BCUT2D eigenvalue weighted by molar-refractivity contribution is 5.95. The molecule has 0 radical (unpaired) electrons. The molecule has 0 bridgehead atoms. The topological polar surface area (TPSA) is 96.9 Å². The van der Waals surface area contributed by atoms with E-state index in [1.54, 1.807) is 6.92 Å². The van der Waals surface area contributed by atoms with Crippen LogP contribution < -0.4 is 15.8 Å². The number of rotatable bonds is 6. The number of alkyl halides is 2. The molecule has 110 valence electrons. The van der Waals surface area contributed by atoms with Crippen LogP contribution in [0.3, 0.4) is 0 Å². The van der Waals surface area contributed by atoms with Gasteiger partial charge in [0.15, 0.2) is 0 Å². The van der Waals surface area contributed by atoms with Crippen molar-refractivity contribution in [2.75, 3.05) is 6.54 Å². The lowest BCUT2D eigenvalue weighted by atomic mass is 10.1. The van der Waals surface area contributed by atoms with E-state index in [0.29, 0.717) is 0 Å². The molecule has 0 aliphatic heterocycles. The van der Waals surface area contributed by atoms with Gasteiger partial charge in [-0.3, -0.25) is 4.79 Å². The fourth-order valence-electron chi connectivity index (χ4n) is 1.36. The van der Waals surface area contributed by atoms with Crippen LogP contribution in [0.4, 0.5) is 8.78 Å². The second-order valence-electron chi connectivity index (χ2n) is 4.04. The zero-order valence-electron chi connectivity index (χ0n) is 10.7. The molecule has 0 aliphatic rings. The number of halogens is 2. The second kappa shape index (κ2) is 7.27. The Bertz CT molecular complexity index is 495. The number of hydrogen-bond donors (Lipinski definition) is 3. The third kappa shape index (κ3) is 4.71. The summed E-state index contributed by atoms with van der Waals surface area (Å²) in [4.78, 5) is 11.8. The zero-order chi connectivity index (χ0) is 15.1. The van der Waals surface area contributed by atoms with Crippen molar-refractivity contribution >= 4 is 11.7 Å². The fraction of sp³-hybridized carbons (Fsp3) is 0.333. The number of hydrogen-bond acceptors (Lipinski definition) is 4. The maximum absolute atomic E-state index is 12.1. The molecule has 4 N–H and O–H groups in total. The van der Waals surface area contributed by atoms with Crippen LogP contribution in [0.5, 0.6) is 5.75 Å². The lowest BCUT2D eigenvalue weighted by Gasteiger charge is -2.11. The van der Waals surface area contributed by atoms with E-state index in [0.717, 1.165) is 0 Å². The first-order valence-corrected chi connectivity index (χ1v) is 5.74. The molecular weight excluding hydrogens is 272 g/mol. The molecule has 0 saturated carbocycles. The first kappa shape index (κ1) is 15.7. The van der Waals surface area contributed by atoms with Crippen LogP contribution in [-0.2, 0) is 0 Å². The lowest BCUT2D eigenvalue weighted by Crippen LogP contribution is -2.34. The van der Waals surface area contributed by atoms with Gasteiger partial charge in [-0.2, -0.15) is 8.78 Å². The zero-order valence-corrected chi connectivity index (χ0v) is 10.7. The van der Waals surface area contributed by atoms with E-state index in [4.69, 9.17) is 10.9 Å². The summed E-state index contributed by atoms with van der Waals surface area (Å²) in [6.45, 7) is -1.14. The van der Waals surface area contributed by atoms with Crippen LogP contribution >= 0.6 is 0 Å². The van der Waals surface area contributed by atoms with Crippen LogP contribution in [0.25, 0.3) is 0 Å². The van der Waals surface area contributed by atoms with Crippen LogP contribution in [0.2, 0.25) is 0 Å². The van der Waals surface area contributed by atoms with Gasteiger partial charge < -0.3 is 21.0 Å². The number of nitrogens with two attached hydrogens (primary N) is 1. The smallest absolute Gasteiger partial charge is 0.387 e. The Kier molecular flexibility index (Phi) is 5.70. The minimum absolute atomic E-state index is 0.0138. The molecule has 0 saturated heterocycles. The maximum atomic E-state index is 12.1. The molecule has 1 rings (SSSR count). The number of amides is 1. The van der Waals surface area contributed by atoms with Crippen molar-refractivity contribution in [3.05, 3.63) is 29.8 Å². The molecule has 0 fully saturated rings. The summed E-state index contributed by atoms with van der Waals surface area (Å²) in [5.74, 6) is -0.941. The highest BCUT2D eigenvalue weighted by Crippen LogP contribution is 2.15. The van der Waals surface area contributed by atoms with E-state index in [1.165, 1.54) is 24.3 Å². The van der Waals surface area contributed by atoms with Crippen molar-refractivity contribution in [1.82, 2.24) is 5.32 Å². The van der Waals surface area contributed by atoms with Gasteiger partial charge >= 0.3 is 6.61 Å². The fourth-order valence-corrected chi connectivity index (χ4v) is 1.36. The van der Waals surface area contributed by atoms with Gasteiger partial charge in [0.1, 0.15) is 11.6 Å². The first-order chi connectivity index (χ1) is 9.43. The Balaban J connectivity index is 2.64. The molecule has 6 nitrogen and oxygen atoms in total. The third-order valence-electron chi connectivity index (χ3n) is 2.51. The number of carbonyl (C=O) groups excluding carboxylic acids is 1. The molecule has 1 unspecified atom stereocenters. The predicted octanol–water partition coefficient (Wildman–Crippen LogP) is 1.40. The SMILES string of the molecule is CC(CNC(=O)c1cccc(OC(F)F)c1)C(N)=NO. The monoisotopic (exact) mass is 287 g/mol. The van der Waals surface area contributed by atoms with Crippen molar-refractivity contribution in [2.45, 2.75) is 13.5 Å². The highest BCUT2D eigenvalue weighted by Gasteiger charge is 2.12. The van der Waals surface area contributed by atoms with Crippen LogP contribution in [0.15, 0.2) is 29.4 Å². The summed E-state index contributed by atoms with van der Waals surface area (Å²) in [5.41, 5.74) is 5.54. The Labute approximate surface area is 114 Å². The molecule has 1 amide bonds. The van der Waals surface area contributed by atoms with Crippen molar-refractivity contribution in [2.24, 2.45) is 16.8 Å². The Hall–Kier alpha value is -2.38. The van der Waals surface area contributed by atoms with Gasteiger partial charge in [-0.25, -0.2) is 0 Å². The Morgan fingerprint density at radius 2 is 2.25 bits per heavy atom. The Morgan fingerprint density at radius 1 is 1.55 bits per heavy atom. The number of benzene rings is 1.